The smallest absolute Gasteiger partial charge is 0.399 e. The first kappa shape index (κ1) is 16.7. The number of piperidine rings is 1. The lowest BCUT2D eigenvalue weighted by molar-refractivity contribution is -0.0220. The molecule has 2 aliphatic heterocycles. The molecule has 0 unspecified atom stereocenters. The Hall–Kier alpha value is -1.14. The van der Waals surface area contributed by atoms with Gasteiger partial charge in [-0.15, -0.1) is 0 Å². The van der Waals surface area contributed by atoms with Gasteiger partial charge in [0.05, 0.1) is 11.2 Å². The van der Waals surface area contributed by atoms with Gasteiger partial charge in [0.15, 0.2) is 0 Å². The fraction of sp³-hybridized carbons (Fsp3) is 0.647. The number of hydrogen-bond acceptors (Lipinski definition) is 3. The van der Waals surface area contributed by atoms with E-state index in [-0.39, 0.29) is 31.2 Å². The van der Waals surface area contributed by atoms with Crippen LogP contribution in [0, 0.1) is 0 Å². The van der Waals surface area contributed by atoms with Crippen molar-refractivity contribution in [1.29, 1.82) is 0 Å². The summed E-state index contributed by atoms with van der Waals surface area (Å²) in [6.07, 6.45) is -0.155. The molecule has 3 nitrogen and oxygen atoms in total. The summed E-state index contributed by atoms with van der Waals surface area (Å²) in [7, 11) is -0.389. The summed E-state index contributed by atoms with van der Waals surface area (Å²) in [6, 6.07) is 7.85. The molecule has 0 N–H and O–H groups in total. The minimum Gasteiger partial charge on any atom is -0.399 e. The average Bonchev–Trinajstić information content (AvgIpc) is 2.68. The van der Waals surface area contributed by atoms with Gasteiger partial charge in [-0.05, 0) is 45.3 Å². The van der Waals surface area contributed by atoms with E-state index in [9.17, 15) is 8.78 Å². The summed E-state index contributed by atoms with van der Waals surface area (Å²) in [5.41, 5.74) is 1.19. The van der Waals surface area contributed by atoms with Crippen LogP contribution >= 0.6 is 0 Å². The highest BCUT2D eigenvalue weighted by Crippen LogP contribution is 2.36. The van der Waals surface area contributed by atoms with Crippen LogP contribution in [-0.2, 0) is 9.31 Å². The van der Waals surface area contributed by atoms with Crippen molar-refractivity contribution in [3.05, 3.63) is 24.3 Å². The molecular formula is C17H24BF2NO2. The summed E-state index contributed by atoms with van der Waals surface area (Å²) in [6.45, 7) is 8.88. The predicted molar refractivity (Wildman–Crippen MR) is 88.6 cm³/mol. The van der Waals surface area contributed by atoms with Gasteiger partial charge in [-0.25, -0.2) is 8.78 Å². The zero-order valence-electron chi connectivity index (χ0n) is 14.2. The van der Waals surface area contributed by atoms with E-state index in [1.165, 1.54) is 0 Å². The van der Waals surface area contributed by atoms with Crippen molar-refractivity contribution in [1.82, 2.24) is 0 Å². The van der Waals surface area contributed by atoms with Crippen LogP contribution in [-0.4, -0.2) is 37.3 Å². The molecule has 1 aromatic rings. The largest absolute Gasteiger partial charge is 0.494 e. The maximum Gasteiger partial charge on any atom is 0.494 e. The van der Waals surface area contributed by atoms with Crippen molar-refractivity contribution >= 4 is 18.3 Å². The summed E-state index contributed by atoms with van der Waals surface area (Å²) in [5, 5.41) is 0. The van der Waals surface area contributed by atoms with E-state index < -0.39 is 5.92 Å². The molecule has 0 saturated carbocycles. The molecule has 0 atom stereocenters. The van der Waals surface area contributed by atoms with Crippen molar-refractivity contribution in [2.45, 2.75) is 57.7 Å². The minimum absolute atomic E-state index is 0.0774. The second-order valence-corrected chi connectivity index (χ2v) is 7.52. The first-order chi connectivity index (χ1) is 10.6. The topological polar surface area (TPSA) is 21.7 Å². The molecule has 2 aliphatic rings. The first-order valence-corrected chi connectivity index (χ1v) is 8.18. The minimum atomic E-state index is -2.51. The van der Waals surface area contributed by atoms with E-state index >= 15 is 0 Å². The summed E-state index contributed by atoms with van der Waals surface area (Å²) < 4.78 is 38.6. The molecule has 1 aromatic carbocycles. The Labute approximate surface area is 137 Å². The summed E-state index contributed by atoms with van der Waals surface area (Å²) >= 11 is 0. The van der Waals surface area contributed by atoms with Gasteiger partial charge in [-0.2, -0.15) is 0 Å². The lowest BCUT2D eigenvalue weighted by Crippen LogP contribution is -2.41. The van der Waals surface area contributed by atoms with Crippen LogP contribution in [0.4, 0.5) is 14.5 Å². The van der Waals surface area contributed by atoms with Crippen molar-refractivity contribution < 1.29 is 18.1 Å². The van der Waals surface area contributed by atoms with Crippen molar-refractivity contribution in [3.8, 4) is 0 Å². The van der Waals surface area contributed by atoms with Gasteiger partial charge in [-0.3, -0.25) is 0 Å². The van der Waals surface area contributed by atoms with Gasteiger partial charge >= 0.3 is 7.12 Å². The molecule has 3 rings (SSSR count). The number of rotatable bonds is 2. The Morgan fingerprint density at radius 2 is 1.39 bits per heavy atom. The van der Waals surface area contributed by atoms with Crippen LogP contribution in [0.2, 0.25) is 0 Å². The average molecular weight is 323 g/mol. The molecule has 0 amide bonds. The number of anilines is 1. The van der Waals surface area contributed by atoms with Crippen LogP contribution < -0.4 is 10.4 Å². The number of alkyl halides is 2. The lowest BCUT2D eigenvalue weighted by atomic mass is 9.79. The van der Waals surface area contributed by atoms with Gasteiger partial charge < -0.3 is 14.2 Å². The third-order valence-electron chi connectivity index (χ3n) is 5.28. The van der Waals surface area contributed by atoms with Crippen molar-refractivity contribution in [2.75, 3.05) is 18.0 Å². The van der Waals surface area contributed by atoms with E-state index in [1.807, 2.05) is 56.9 Å². The highest BCUT2D eigenvalue weighted by Gasteiger charge is 2.51. The third-order valence-corrected chi connectivity index (χ3v) is 5.28. The predicted octanol–water partition coefficient (Wildman–Crippen LogP) is 3.22. The zero-order valence-corrected chi connectivity index (χ0v) is 14.2. The molecule has 2 heterocycles. The third kappa shape index (κ3) is 3.24. The highest BCUT2D eigenvalue weighted by atomic mass is 19.3. The molecule has 0 radical (unpaired) electrons. The fourth-order valence-corrected chi connectivity index (χ4v) is 2.91. The number of benzene rings is 1. The van der Waals surface area contributed by atoms with Crippen LogP contribution in [0.1, 0.15) is 40.5 Å². The number of nitrogens with zero attached hydrogens (tertiary/aromatic N) is 1. The lowest BCUT2D eigenvalue weighted by Gasteiger charge is -2.33. The van der Waals surface area contributed by atoms with E-state index in [4.69, 9.17) is 9.31 Å². The molecular weight excluding hydrogens is 299 g/mol. The van der Waals surface area contributed by atoms with Crippen LogP contribution in [0.3, 0.4) is 0 Å². The van der Waals surface area contributed by atoms with E-state index in [0.717, 1.165) is 11.2 Å². The van der Waals surface area contributed by atoms with Crippen LogP contribution in [0.15, 0.2) is 24.3 Å². The standard InChI is InChI=1S/C17H24BF2NO2/c1-15(2)16(3,4)23-18(22-15)13-5-7-14(8-6-13)21-11-9-17(19,20)10-12-21/h5-8H,9-12H2,1-4H3. The SMILES string of the molecule is CC1(C)OB(c2ccc(N3CCC(F)(F)CC3)cc2)OC1(C)C. The number of halogens is 2. The fourth-order valence-electron chi connectivity index (χ4n) is 2.91. The number of hydrogen-bond donors (Lipinski definition) is 0. The molecule has 0 bridgehead atoms. The zero-order chi connectivity index (χ0) is 16.9. The van der Waals surface area contributed by atoms with Crippen LogP contribution in [0.25, 0.3) is 0 Å². The second kappa shape index (κ2) is 5.45. The molecule has 0 aromatic heterocycles. The van der Waals surface area contributed by atoms with Gasteiger partial charge in [-0.1, -0.05) is 12.1 Å². The Balaban J connectivity index is 1.69. The highest BCUT2D eigenvalue weighted by molar-refractivity contribution is 6.62. The van der Waals surface area contributed by atoms with E-state index in [1.54, 1.807) is 0 Å². The molecule has 23 heavy (non-hydrogen) atoms. The van der Waals surface area contributed by atoms with Gasteiger partial charge in [0.25, 0.3) is 5.92 Å². The Morgan fingerprint density at radius 3 is 1.87 bits per heavy atom. The monoisotopic (exact) mass is 323 g/mol. The Morgan fingerprint density at radius 1 is 0.913 bits per heavy atom. The Bertz CT molecular complexity index is 548. The molecule has 0 aliphatic carbocycles. The van der Waals surface area contributed by atoms with Crippen molar-refractivity contribution in [2.24, 2.45) is 0 Å². The summed E-state index contributed by atoms with van der Waals surface area (Å²) in [5.74, 6) is -2.51. The molecule has 2 saturated heterocycles. The van der Waals surface area contributed by atoms with E-state index in [0.29, 0.717) is 13.1 Å². The second-order valence-electron chi connectivity index (χ2n) is 7.52. The van der Waals surface area contributed by atoms with Crippen LogP contribution in [0.5, 0.6) is 0 Å². The van der Waals surface area contributed by atoms with E-state index in [2.05, 4.69) is 0 Å². The normalized spacial score (nSPS) is 25.7. The maximum atomic E-state index is 13.2. The van der Waals surface area contributed by atoms with Gasteiger partial charge in [0.1, 0.15) is 0 Å². The molecule has 2 fully saturated rings. The quantitative estimate of drug-likeness (QED) is 0.780. The first-order valence-electron chi connectivity index (χ1n) is 8.18. The Kier molecular flexibility index (Phi) is 3.96. The van der Waals surface area contributed by atoms with Gasteiger partial charge in [0, 0.05) is 31.6 Å². The maximum absolute atomic E-state index is 13.2. The van der Waals surface area contributed by atoms with Crippen molar-refractivity contribution in [3.63, 3.8) is 0 Å². The van der Waals surface area contributed by atoms with Gasteiger partial charge in [0.2, 0.25) is 0 Å². The molecule has 6 heteroatoms. The molecule has 0 spiro atoms. The summed E-state index contributed by atoms with van der Waals surface area (Å²) in [4.78, 5) is 2.01. The molecule has 126 valence electrons.